The van der Waals surface area contributed by atoms with Gasteiger partial charge in [-0.3, -0.25) is 14.6 Å². The Bertz CT molecular complexity index is 1050. The van der Waals surface area contributed by atoms with Crippen LogP contribution >= 0.6 is 0 Å². The molecule has 2 aliphatic heterocycles. The number of carbonyl (C=O) groups excluding carboxylic acids is 1. The lowest BCUT2D eigenvalue weighted by molar-refractivity contribution is -0.122. The van der Waals surface area contributed by atoms with Gasteiger partial charge in [-0.1, -0.05) is 36.4 Å². The van der Waals surface area contributed by atoms with Gasteiger partial charge >= 0.3 is 0 Å². The molecule has 0 saturated carbocycles. The van der Waals surface area contributed by atoms with Crippen LogP contribution in [0.1, 0.15) is 18.1 Å². The van der Waals surface area contributed by atoms with Gasteiger partial charge in [0.25, 0.3) is 0 Å². The lowest BCUT2D eigenvalue weighted by Gasteiger charge is -2.34. The minimum absolute atomic E-state index is 0.0278. The van der Waals surface area contributed by atoms with Gasteiger partial charge in [-0.15, -0.1) is 0 Å². The fourth-order valence-electron chi connectivity index (χ4n) is 4.17. The summed E-state index contributed by atoms with van der Waals surface area (Å²) in [6.45, 7) is 3.40. The number of anilines is 2. The highest BCUT2D eigenvalue weighted by Gasteiger charge is 2.36. The van der Waals surface area contributed by atoms with Gasteiger partial charge in [-0.05, 0) is 42.8 Å². The van der Waals surface area contributed by atoms with E-state index in [4.69, 9.17) is 9.47 Å². The lowest BCUT2D eigenvalue weighted by atomic mass is 10.1. The van der Waals surface area contributed by atoms with Crippen molar-refractivity contribution in [1.29, 1.82) is 0 Å². The molecule has 5 nitrogen and oxygen atoms in total. The molecule has 3 aromatic carbocycles. The molecule has 1 atom stereocenters. The van der Waals surface area contributed by atoms with Crippen LogP contribution < -0.4 is 14.4 Å². The summed E-state index contributed by atoms with van der Waals surface area (Å²) in [5.74, 6) is 2.29. The number of hydrogen-bond donors (Lipinski definition) is 0. The first kappa shape index (κ1) is 17.8. The fourth-order valence-corrected chi connectivity index (χ4v) is 4.17. The highest BCUT2D eigenvalue weighted by molar-refractivity contribution is 6.06. The van der Waals surface area contributed by atoms with Crippen molar-refractivity contribution in [3.05, 3.63) is 77.9 Å². The summed E-state index contributed by atoms with van der Waals surface area (Å²) >= 11 is 0. The summed E-state index contributed by atoms with van der Waals surface area (Å²) in [5.41, 5.74) is 3.93. The van der Waals surface area contributed by atoms with Crippen molar-refractivity contribution in [3.8, 4) is 17.2 Å². The van der Waals surface area contributed by atoms with Crippen molar-refractivity contribution < 1.29 is 14.3 Å². The number of fused-ring (bicyclic) bond motifs is 3. The van der Waals surface area contributed by atoms with E-state index in [1.165, 1.54) is 5.56 Å². The first-order valence-corrected chi connectivity index (χ1v) is 9.76. The zero-order valence-corrected chi connectivity index (χ0v) is 16.5. The highest BCUT2D eigenvalue weighted by Crippen LogP contribution is 2.47. The van der Waals surface area contributed by atoms with Crippen LogP contribution in [0.4, 0.5) is 11.4 Å². The second-order valence-electron chi connectivity index (χ2n) is 7.39. The van der Waals surface area contributed by atoms with Crippen molar-refractivity contribution in [1.82, 2.24) is 4.90 Å². The van der Waals surface area contributed by atoms with Gasteiger partial charge in [0, 0.05) is 18.7 Å². The van der Waals surface area contributed by atoms with Gasteiger partial charge in [0.05, 0.1) is 24.5 Å². The van der Waals surface area contributed by atoms with Crippen LogP contribution in [0.2, 0.25) is 0 Å². The normalized spacial score (nSPS) is 15.7. The van der Waals surface area contributed by atoms with Crippen molar-refractivity contribution in [2.45, 2.75) is 26.1 Å². The summed E-state index contributed by atoms with van der Waals surface area (Å²) < 4.78 is 11.5. The molecule has 5 rings (SSSR count). The van der Waals surface area contributed by atoms with E-state index in [1.54, 1.807) is 12.0 Å². The topological polar surface area (TPSA) is 42.0 Å². The highest BCUT2D eigenvalue weighted by atomic mass is 16.5. The van der Waals surface area contributed by atoms with Gasteiger partial charge in [-0.2, -0.15) is 0 Å². The molecule has 0 saturated heterocycles. The summed E-state index contributed by atoms with van der Waals surface area (Å²) in [5, 5.41) is 0. The summed E-state index contributed by atoms with van der Waals surface area (Å²) in [6.07, 6.45) is 0. The molecule has 0 fully saturated rings. The van der Waals surface area contributed by atoms with Gasteiger partial charge in [0.1, 0.15) is 5.75 Å². The van der Waals surface area contributed by atoms with Gasteiger partial charge in [0.15, 0.2) is 11.5 Å². The molecule has 2 aliphatic rings. The van der Waals surface area contributed by atoms with Crippen molar-refractivity contribution in [3.63, 3.8) is 0 Å². The lowest BCUT2D eigenvalue weighted by Crippen LogP contribution is -2.44. The van der Waals surface area contributed by atoms with E-state index in [1.807, 2.05) is 67.6 Å². The van der Waals surface area contributed by atoms with Gasteiger partial charge < -0.3 is 9.47 Å². The Morgan fingerprint density at radius 2 is 1.59 bits per heavy atom. The molecule has 0 radical (unpaired) electrons. The molecule has 146 valence electrons. The van der Waals surface area contributed by atoms with E-state index < -0.39 is 0 Å². The van der Waals surface area contributed by atoms with Crippen LogP contribution in [-0.2, 0) is 17.9 Å². The molecule has 1 amide bonds. The Morgan fingerprint density at radius 3 is 2.24 bits per heavy atom. The minimum atomic E-state index is -0.300. The molecule has 0 spiro atoms. The Kier molecular flexibility index (Phi) is 4.25. The quantitative estimate of drug-likeness (QED) is 0.644. The number of carbonyl (C=O) groups is 1. The first-order valence-electron chi connectivity index (χ1n) is 9.76. The largest absolute Gasteiger partial charge is 0.496 e. The van der Waals surface area contributed by atoms with E-state index >= 15 is 0 Å². The van der Waals surface area contributed by atoms with Gasteiger partial charge in [-0.25, -0.2) is 0 Å². The predicted molar refractivity (Wildman–Crippen MR) is 112 cm³/mol. The third-order valence-electron chi connectivity index (χ3n) is 5.74. The van der Waals surface area contributed by atoms with Crippen molar-refractivity contribution in [2.24, 2.45) is 0 Å². The number of para-hydroxylation sites is 4. The van der Waals surface area contributed by atoms with Crippen LogP contribution in [0.3, 0.4) is 0 Å². The molecule has 0 aromatic heterocycles. The maximum atomic E-state index is 13.7. The third-order valence-corrected chi connectivity index (χ3v) is 5.74. The molecule has 29 heavy (non-hydrogen) atoms. The van der Waals surface area contributed by atoms with Crippen LogP contribution in [-0.4, -0.2) is 24.0 Å². The summed E-state index contributed by atoms with van der Waals surface area (Å²) in [6, 6.07) is 21.1. The fraction of sp³-hybridized carbons (Fsp3) is 0.208. The minimum Gasteiger partial charge on any atom is -0.496 e. The molecule has 0 N–H and O–H groups in total. The maximum Gasteiger partial charge on any atom is 0.248 e. The number of nitrogens with zero attached hydrogens (tertiary/aromatic N) is 2. The number of rotatable bonds is 3. The molecular weight excluding hydrogens is 364 g/mol. The molecular formula is C24H22N2O3. The maximum absolute atomic E-state index is 13.7. The van der Waals surface area contributed by atoms with Gasteiger partial charge in [0.2, 0.25) is 5.91 Å². The van der Waals surface area contributed by atoms with Crippen molar-refractivity contribution in [2.75, 3.05) is 12.0 Å². The van der Waals surface area contributed by atoms with E-state index in [0.717, 1.165) is 29.2 Å². The van der Waals surface area contributed by atoms with Crippen molar-refractivity contribution >= 4 is 17.3 Å². The van der Waals surface area contributed by atoms with E-state index in [2.05, 4.69) is 11.0 Å². The van der Waals surface area contributed by atoms with E-state index in [0.29, 0.717) is 18.0 Å². The standard InChI is InChI=1S/C24H22N2O3/c1-16(25-14-17-8-7-13-21(28-2)18(17)15-25)24(27)26-19-9-3-5-11-22(19)29-23-12-6-4-10-20(23)26/h3-13,16H,14-15H2,1-2H3. The average Bonchev–Trinajstić information content (AvgIpc) is 3.21. The van der Waals surface area contributed by atoms with Crippen LogP contribution in [0, 0.1) is 0 Å². The number of methoxy groups -OCH3 is 1. The Hall–Kier alpha value is -3.31. The molecule has 0 bridgehead atoms. The zero-order chi connectivity index (χ0) is 20.0. The average molecular weight is 386 g/mol. The molecule has 2 heterocycles. The van der Waals surface area contributed by atoms with E-state index in [9.17, 15) is 4.79 Å². The third kappa shape index (κ3) is 2.86. The Morgan fingerprint density at radius 1 is 0.931 bits per heavy atom. The second kappa shape index (κ2) is 6.94. The second-order valence-corrected chi connectivity index (χ2v) is 7.39. The Labute approximate surface area is 170 Å². The molecule has 1 unspecified atom stereocenters. The number of hydrogen-bond acceptors (Lipinski definition) is 4. The summed E-state index contributed by atoms with van der Waals surface area (Å²) in [4.78, 5) is 17.7. The zero-order valence-electron chi connectivity index (χ0n) is 16.5. The number of benzene rings is 3. The van der Waals surface area contributed by atoms with Crippen LogP contribution in [0.5, 0.6) is 17.2 Å². The Balaban J connectivity index is 1.49. The number of amides is 1. The predicted octanol–water partition coefficient (Wildman–Crippen LogP) is 4.87. The smallest absolute Gasteiger partial charge is 0.248 e. The SMILES string of the molecule is COc1cccc2c1CN(C(C)C(=O)N1c3ccccc3Oc3ccccc31)C2. The summed E-state index contributed by atoms with van der Waals surface area (Å²) in [7, 11) is 1.69. The molecule has 0 aliphatic carbocycles. The molecule has 3 aromatic rings. The molecule has 5 heteroatoms. The monoisotopic (exact) mass is 386 g/mol. The number of ether oxygens (including phenoxy) is 2. The van der Waals surface area contributed by atoms with Crippen LogP contribution in [0.15, 0.2) is 66.7 Å². The first-order chi connectivity index (χ1) is 14.2. The van der Waals surface area contributed by atoms with E-state index in [-0.39, 0.29) is 11.9 Å². The van der Waals surface area contributed by atoms with Crippen LogP contribution in [0.25, 0.3) is 0 Å².